The molecular weight excluding hydrogens is 320 g/mol. The lowest BCUT2D eigenvalue weighted by Crippen LogP contribution is -2.38. The van der Waals surface area contributed by atoms with E-state index in [1.165, 1.54) is 0 Å². The van der Waals surface area contributed by atoms with E-state index >= 15 is 0 Å². The molecule has 0 unspecified atom stereocenters. The molecule has 1 aliphatic heterocycles. The number of carbonyl (C=O) groups excluding carboxylic acids is 1. The van der Waals surface area contributed by atoms with Gasteiger partial charge in [0.2, 0.25) is 0 Å². The maximum atomic E-state index is 12.9. The molecule has 1 saturated heterocycles. The predicted molar refractivity (Wildman–Crippen MR) is 99.6 cm³/mol. The number of aryl methyl sites for hydroxylation is 1. The van der Waals surface area contributed by atoms with Crippen LogP contribution in [0.2, 0.25) is 5.02 Å². The lowest BCUT2D eigenvalue weighted by Gasteiger charge is -2.31. The molecule has 1 heterocycles. The summed E-state index contributed by atoms with van der Waals surface area (Å²) in [6.07, 6.45) is 4.34. The molecule has 3 rings (SSSR count). The lowest BCUT2D eigenvalue weighted by atomic mass is 10.0. The van der Waals surface area contributed by atoms with E-state index in [1.807, 2.05) is 60.4 Å². The number of halogens is 1. The third kappa shape index (κ3) is 3.90. The number of rotatable bonds is 2. The number of benzene rings is 2. The number of hydrogen-bond acceptors (Lipinski definition) is 1. The van der Waals surface area contributed by atoms with Crippen molar-refractivity contribution in [2.24, 2.45) is 0 Å². The van der Waals surface area contributed by atoms with Crippen molar-refractivity contribution in [2.45, 2.75) is 38.6 Å². The molecule has 2 amide bonds. The number of nitrogens with one attached hydrogen (secondary N) is 1. The van der Waals surface area contributed by atoms with Crippen LogP contribution >= 0.6 is 11.6 Å². The molecule has 3 nitrogen and oxygen atoms in total. The van der Waals surface area contributed by atoms with Crippen LogP contribution in [0.4, 0.5) is 10.5 Å². The highest BCUT2D eigenvalue weighted by Crippen LogP contribution is 2.31. The van der Waals surface area contributed by atoms with E-state index in [0.29, 0.717) is 0 Å². The third-order valence-corrected chi connectivity index (χ3v) is 4.91. The van der Waals surface area contributed by atoms with Gasteiger partial charge in [-0.05, 0) is 49.1 Å². The van der Waals surface area contributed by atoms with Crippen molar-refractivity contribution in [3.05, 3.63) is 64.7 Å². The van der Waals surface area contributed by atoms with Gasteiger partial charge in [0.15, 0.2) is 0 Å². The van der Waals surface area contributed by atoms with Gasteiger partial charge in [-0.1, -0.05) is 54.8 Å². The maximum Gasteiger partial charge on any atom is 0.322 e. The van der Waals surface area contributed by atoms with Gasteiger partial charge >= 0.3 is 6.03 Å². The minimum atomic E-state index is -0.0221. The molecule has 1 N–H and O–H groups in total. The number of para-hydroxylation sites is 1. The zero-order valence-electron chi connectivity index (χ0n) is 14.0. The van der Waals surface area contributed by atoms with Gasteiger partial charge in [0.25, 0.3) is 0 Å². The van der Waals surface area contributed by atoms with E-state index in [4.69, 9.17) is 11.6 Å². The van der Waals surface area contributed by atoms with Crippen LogP contribution < -0.4 is 5.32 Å². The zero-order valence-corrected chi connectivity index (χ0v) is 14.7. The second-order valence-electron chi connectivity index (χ2n) is 6.36. The molecule has 0 saturated carbocycles. The van der Waals surface area contributed by atoms with Gasteiger partial charge < -0.3 is 10.2 Å². The summed E-state index contributed by atoms with van der Waals surface area (Å²) < 4.78 is 0. The Balaban J connectivity index is 1.82. The van der Waals surface area contributed by atoms with Crippen molar-refractivity contribution in [3.63, 3.8) is 0 Å². The number of hydrogen-bond donors (Lipinski definition) is 1. The normalized spacial score (nSPS) is 18.1. The predicted octanol–water partition coefficient (Wildman–Crippen LogP) is 5.80. The van der Waals surface area contributed by atoms with Crippen LogP contribution in [0, 0.1) is 6.92 Å². The summed E-state index contributed by atoms with van der Waals surface area (Å²) in [6, 6.07) is 15.8. The highest BCUT2D eigenvalue weighted by atomic mass is 35.5. The second kappa shape index (κ2) is 7.71. The fourth-order valence-electron chi connectivity index (χ4n) is 3.28. The summed E-state index contributed by atoms with van der Waals surface area (Å²) in [4.78, 5) is 14.9. The Labute approximate surface area is 148 Å². The maximum absolute atomic E-state index is 12.9. The van der Waals surface area contributed by atoms with E-state index in [-0.39, 0.29) is 12.1 Å². The highest BCUT2D eigenvalue weighted by molar-refractivity contribution is 6.30. The summed E-state index contributed by atoms with van der Waals surface area (Å²) >= 11 is 6.01. The third-order valence-electron chi connectivity index (χ3n) is 4.66. The van der Waals surface area contributed by atoms with E-state index < -0.39 is 0 Å². The van der Waals surface area contributed by atoms with Crippen LogP contribution in [0.25, 0.3) is 0 Å². The Hall–Kier alpha value is -2.00. The van der Waals surface area contributed by atoms with Gasteiger partial charge in [0.1, 0.15) is 0 Å². The molecule has 2 aromatic rings. The van der Waals surface area contributed by atoms with Gasteiger partial charge in [-0.2, -0.15) is 0 Å². The van der Waals surface area contributed by atoms with Crippen LogP contribution in [-0.2, 0) is 0 Å². The topological polar surface area (TPSA) is 32.3 Å². The molecule has 0 aromatic heterocycles. The molecule has 4 heteroatoms. The first-order valence-electron chi connectivity index (χ1n) is 8.54. The van der Waals surface area contributed by atoms with Crippen LogP contribution in [0.3, 0.4) is 0 Å². The van der Waals surface area contributed by atoms with Gasteiger partial charge in [-0.25, -0.2) is 4.79 Å². The summed E-state index contributed by atoms with van der Waals surface area (Å²) in [7, 11) is 0. The van der Waals surface area contributed by atoms with Crippen LogP contribution in [0.5, 0.6) is 0 Å². The Bertz CT molecular complexity index is 699. The second-order valence-corrected chi connectivity index (χ2v) is 6.79. The number of likely N-dealkylation sites (tertiary alicyclic amines) is 1. The van der Waals surface area contributed by atoms with Gasteiger partial charge in [-0.3, -0.25) is 0 Å². The highest BCUT2D eigenvalue weighted by Gasteiger charge is 2.27. The fourth-order valence-corrected chi connectivity index (χ4v) is 3.41. The molecule has 24 heavy (non-hydrogen) atoms. The first-order chi connectivity index (χ1) is 11.6. The molecule has 0 spiro atoms. The van der Waals surface area contributed by atoms with Crippen LogP contribution in [-0.4, -0.2) is 17.5 Å². The minimum absolute atomic E-state index is 0.0221. The molecule has 1 fully saturated rings. The minimum Gasteiger partial charge on any atom is -0.317 e. The van der Waals surface area contributed by atoms with Crippen molar-refractivity contribution in [1.82, 2.24) is 4.90 Å². The average molecular weight is 343 g/mol. The SMILES string of the molecule is Cc1ccccc1NC(=O)N1CCCCC[C@@H]1c1ccc(Cl)cc1. The Kier molecular flexibility index (Phi) is 5.41. The molecule has 1 atom stereocenters. The lowest BCUT2D eigenvalue weighted by molar-refractivity contribution is 0.189. The Morgan fingerprint density at radius 2 is 1.83 bits per heavy atom. The largest absolute Gasteiger partial charge is 0.322 e. The average Bonchev–Trinajstić information content (AvgIpc) is 2.84. The number of anilines is 1. The quantitative estimate of drug-likeness (QED) is 0.735. The summed E-state index contributed by atoms with van der Waals surface area (Å²) in [5, 5.41) is 3.81. The standard InChI is InChI=1S/C20H23ClN2O/c1-15-7-4-5-8-18(15)22-20(24)23-14-6-2-3-9-19(23)16-10-12-17(21)13-11-16/h4-5,7-8,10-13,19H,2-3,6,9,14H2,1H3,(H,22,24)/t19-/m1/s1. The summed E-state index contributed by atoms with van der Waals surface area (Å²) in [6.45, 7) is 2.79. The van der Waals surface area contributed by atoms with Gasteiger partial charge in [0, 0.05) is 17.3 Å². The fraction of sp³-hybridized carbons (Fsp3) is 0.350. The number of nitrogens with zero attached hydrogens (tertiary/aromatic N) is 1. The first kappa shape index (κ1) is 16.8. The van der Waals surface area contributed by atoms with Crippen LogP contribution in [0.1, 0.15) is 42.9 Å². The molecule has 126 valence electrons. The van der Waals surface area contributed by atoms with Gasteiger partial charge in [0.05, 0.1) is 6.04 Å². The van der Waals surface area contributed by atoms with E-state index in [9.17, 15) is 4.79 Å². The molecule has 1 aliphatic rings. The number of urea groups is 1. The van der Waals surface area contributed by atoms with E-state index in [1.54, 1.807) is 0 Å². The number of carbonyl (C=O) groups is 1. The van der Waals surface area contributed by atoms with Crippen molar-refractivity contribution in [2.75, 3.05) is 11.9 Å². The van der Waals surface area contributed by atoms with Crippen molar-refractivity contribution < 1.29 is 4.79 Å². The zero-order chi connectivity index (χ0) is 16.9. The van der Waals surface area contributed by atoms with Crippen molar-refractivity contribution >= 4 is 23.3 Å². The molecule has 0 radical (unpaired) electrons. The Morgan fingerprint density at radius 3 is 2.58 bits per heavy atom. The van der Waals surface area contributed by atoms with E-state index in [2.05, 4.69) is 5.32 Å². The van der Waals surface area contributed by atoms with Gasteiger partial charge in [-0.15, -0.1) is 0 Å². The molecule has 2 aromatic carbocycles. The van der Waals surface area contributed by atoms with E-state index in [0.717, 1.165) is 54.1 Å². The molecule has 0 bridgehead atoms. The molecule has 0 aliphatic carbocycles. The molecular formula is C20H23ClN2O. The van der Waals surface area contributed by atoms with Crippen molar-refractivity contribution in [1.29, 1.82) is 0 Å². The summed E-state index contributed by atoms with van der Waals surface area (Å²) in [5.41, 5.74) is 3.10. The number of amides is 2. The smallest absolute Gasteiger partial charge is 0.317 e. The summed E-state index contributed by atoms with van der Waals surface area (Å²) in [5.74, 6) is 0. The Morgan fingerprint density at radius 1 is 1.08 bits per heavy atom. The monoisotopic (exact) mass is 342 g/mol. The van der Waals surface area contributed by atoms with Crippen LogP contribution in [0.15, 0.2) is 48.5 Å². The first-order valence-corrected chi connectivity index (χ1v) is 8.91. The van der Waals surface area contributed by atoms with Crippen molar-refractivity contribution in [3.8, 4) is 0 Å².